The van der Waals surface area contributed by atoms with E-state index >= 15 is 0 Å². The van der Waals surface area contributed by atoms with Crippen molar-refractivity contribution in [3.63, 3.8) is 0 Å². The van der Waals surface area contributed by atoms with Gasteiger partial charge in [0.05, 0.1) is 5.60 Å². The molecule has 0 saturated carbocycles. The van der Waals surface area contributed by atoms with E-state index in [1.54, 1.807) is 0 Å². The first-order chi connectivity index (χ1) is 7.01. The predicted molar refractivity (Wildman–Crippen MR) is 57.0 cm³/mol. The van der Waals surface area contributed by atoms with Crippen molar-refractivity contribution < 1.29 is 14.6 Å². The maximum absolute atomic E-state index is 10.3. The van der Waals surface area contributed by atoms with Crippen molar-refractivity contribution in [3.05, 3.63) is 23.8 Å². The fraction of sp³-hybridized carbons (Fsp3) is 0.500. The summed E-state index contributed by atoms with van der Waals surface area (Å²) in [6.45, 7) is 6.06. The Bertz CT molecular complexity index is 369. The van der Waals surface area contributed by atoms with Crippen LogP contribution in [-0.4, -0.2) is 11.9 Å². The van der Waals surface area contributed by atoms with Crippen LogP contribution in [0.1, 0.15) is 26.3 Å². The lowest BCUT2D eigenvalue weighted by Gasteiger charge is -2.28. The molecule has 0 aliphatic carbocycles. The summed E-state index contributed by atoms with van der Waals surface area (Å²) >= 11 is 0. The van der Waals surface area contributed by atoms with Gasteiger partial charge in [-0.1, -0.05) is 19.9 Å². The first-order valence-electron chi connectivity index (χ1n) is 5.14. The molecule has 0 fully saturated rings. The van der Waals surface area contributed by atoms with Gasteiger partial charge in [-0.3, -0.25) is 0 Å². The zero-order valence-corrected chi connectivity index (χ0v) is 9.28. The van der Waals surface area contributed by atoms with Gasteiger partial charge in [-0.2, -0.15) is 0 Å². The molecule has 0 saturated heterocycles. The molecule has 2 rings (SSSR count). The number of rotatable bonds is 2. The van der Waals surface area contributed by atoms with Crippen molar-refractivity contribution in [2.75, 3.05) is 6.79 Å². The van der Waals surface area contributed by atoms with E-state index < -0.39 is 5.60 Å². The molecule has 3 nitrogen and oxygen atoms in total. The summed E-state index contributed by atoms with van der Waals surface area (Å²) in [6.07, 6.45) is 0. The normalized spacial score (nSPS) is 17.9. The standard InChI is InChI=1S/C12H16O3/c1-8(2)12(3,13)9-4-5-10-11(6-9)15-7-14-10/h4-6,8,13H,7H2,1-3H3. The first kappa shape index (κ1) is 10.3. The van der Waals surface area contributed by atoms with Crippen molar-refractivity contribution in [2.45, 2.75) is 26.4 Å². The molecule has 0 amide bonds. The second-order valence-electron chi connectivity index (χ2n) is 4.37. The topological polar surface area (TPSA) is 38.7 Å². The van der Waals surface area contributed by atoms with Crippen molar-refractivity contribution in [2.24, 2.45) is 5.92 Å². The van der Waals surface area contributed by atoms with Crippen molar-refractivity contribution in [1.29, 1.82) is 0 Å². The van der Waals surface area contributed by atoms with Crippen LogP contribution in [0, 0.1) is 5.92 Å². The van der Waals surface area contributed by atoms with Gasteiger partial charge in [-0.25, -0.2) is 0 Å². The summed E-state index contributed by atoms with van der Waals surface area (Å²) in [5.41, 5.74) is 0.0304. The molecule has 1 aliphatic heterocycles. The quantitative estimate of drug-likeness (QED) is 0.810. The molecule has 0 spiro atoms. The van der Waals surface area contributed by atoms with Gasteiger partial charge in [0.2, 0.25) is 6.79 Å². The number of ether oxygens (including phenoxy) is 2. The minimum Gasteiger partial charge on any atom is -0.454 e. The first-order valence-corrected chi connectivity index (χ1v) is 5.14. The Morgan fingerprint density at radius 2 is 1.93 bits per heavy atom. The van der Waals surface area contributed by atoms with Crippen LogP contribution in [-0.2, 0) is 5.60 Å². The average Bonchev–Trinajstić information content (AvgIpc) is 2.63. The van der Waals surface area contributed by atoms with Gasteiger partial charge < -0.3 is 14.6 Å². The second kappa shape index (κ2) is 3.42. The molecule has 1 aliphatic rings. The van der Waals surface area contributed by atoms with E-state index in [1.165, 1.54) is 0 Å². The highest BCUT2D eigenvalue weighted by Gasteiger charge is 2.29. The smallest absolute Gasteiger partial charge is 0.231 e. The molecule has 82 valence electrons. The van der Waals surface area contributed by atoms with Crippen LogP contribution in [0.25, 0.3) is 0 Å². The summed E-state index contributed by atoms with van der Waals surface area (Å²) < 4.78 is 10.5. The molecule has 15 heavy (non-hydrogen) atoms. The monoisotopic (exact) mass is 208 g/mol. The van der Waals surface area contributed by atoms with E-state index in [1.807, 2.05) is 39.0 Å². The zero-order chi connectivity index (χ0) is 11.1. The summed E-state index contributed by atoms with van der Waals surface area (Å²) in [5.74, 6) is 1.62. The predicted octanol–water partition coefficient (Wildman–Crippen LogP) is 2.28. The third-order valence-electron chi connectivity index (χ3n) is 3.08. The van der Waals surface area contributed by atoms with E-state index in [2.05, 4.69) is 0 Å². The number of fused-ring (bicyclic) bond motifs is 1. The Morgan fingerprint density at radius 1 is 1.27 bits per heavy atom. The van der Waals surface area contributed by atoms with Crippen LogP contribution in [0.4, 0.5) is 0 Å². The largest absolute Gasteiger partial charge is 0.454 e. The van der Waals surface area contributed by atoms with Crippen LogP contribution >= 0.6 is 0 Å². The summed E-state index contributed by atoms with van der Waals surface area (Å²) in [6, 6.07) is 5.57. The average molecular weight is 208 g/mol. The maximum Gasteiger partial charge on any atom is 0.231 e. The maximum atomic E-state index is 10.3. The van der Waals surface area contributed by atoms with Gasteiger partial charge in [0, 0.05) is 0 Å². The Morgan fingerprint density at radius 3 is 2.60 bits per heavy atom. The van der Waals surface area contributed by atoms with Crippen LogP contribution in [0.15, 0.2) is 18.2 Å². The third kappa shape index (κ3) is 1.67. The highest BCUT2D eigenvalue weighted by Crippen LogP contribution is 2.37. The van der Waals surface area contributed by atoms with Gasteiger partial charge in [0.1, 0.15) is 0 Å². The Hall–Kier alpha value is -1.22. The fourth-order valence-electron chi connectivity index (χ4n) is 1.54. The lowest BCUT2D eigenvalue weighted by Crippen LogP contribution is -2.27. The molecule has 1 heterocycles. The fourth-order valence-corrected chi connectivity index (χ4v) is 1.54. The van der Waals surface area contributed by atoms with Gasteiger partial charge in [0.15, 0.2) is 11.5 Å². The number of hydrogen-bond acceptors (Lipinski definition) is 3. The minimum absolute atomic E-state index is 0.151. The summed E-state index contributed by atoms with van der Waals surface area (Å²) in [4.78, 5) is 0. The molecular weight excluding hydrogens is 192 g/mol. The molecule has 1 unspecified atom stereocenters. The summed E-state index contributed by atoms with van der Waals surface area (Å²) in [7, 11) is 0. The molecule has 1 atom stereocenters. The number of aliphatic hydroxyl groups is 1. The van der Waals surface area contributed by atoms with Crippen molar-refractivity contribution >= 4 is 0 Å². The van der Waals surface area contributed by atoms with E-state index in [-0.39, 0.29) is 12.7 Å². The molecule has 0 aromatic heterocycles. The van der Waals surface area contributed by atoms with Gasteiger partial charge in [-0.05, 0) is 30.5 Å². The molecule has 3 heteroatoms. The second-order valence-corrected chi connectivity index (χ2v) is 4.37. The van der Waals surface area contributed by atoms with E-state index in [0.717, 1.165) is 11.3 Å². The SMILES string of the molecule is CC(C)C(C)(O)c1ccc2c(c1)OCO2. The molecule has 1 aromatic carbocycles. The highest BCUT2D eigenvalue weighted by molar-refractivity contribution is 5.45. The third-order valence-corrected chi connectivity index (χ3v) is 3.08. The summed E-state index contributed by atoms with van der Waals surface area (Å²) in [5, 5.41) is 10.3. The molecule has 1 aromatic rings. The van der Waals surface area contributed by atoms with E-state index in [9.17, 15) is 5.11 Å². The Balaban J connectivity index is 2.38. The lowest BCUT2D eigenvalue weighted by molar-refractivity contribution is 0.00889. The Labute approximate surface area is 89.6 Å². The van der Waals surface area contributed by atoms with Crippen LogP contribution < -0.4 is 9.47 Å². The van der Waals surface area contributed by atoms with Crippen LogP contribution in [0.5, 0.6) is 11.5 Å². The van der Waals surface area contributed by atoms with Gasteiger partial charge >= 0.3 is 0 Å². The van der Waals surface area contributed by atoms with Gasteiger partial charge in [0.25, 0.3) is 0 Å². The molecule has 0 bridgehead atoms. The Kier molecular flexibility index (Phi) is 2.35. The van der Waals surface area contributed by atoms with Crippen molar-refractivity contribution in [1.82, 2.24) is 0 Å². The molecule has 0 radical (unpaired) electrons. The zero-order valence-electron chi connectivity index (χ0n) is 9.28. The number of benzene rings is 1. The minimum atomic E-state index is -0.832. The highest BCUT2D eigenvalue weighted by atomic mass is 16.7. The van der Waals surface area contributed by atoms with E-state index in [4.69, 9.17) is 9.47 Å². The molecule has 1 N–H and O–H groups in total. The van der Waals surface area contributed by atoms with Crippen LogP contribution in [0.3, 0.4) is 0 Å². The lowest BCUT2D eigenvalue weighted by atomic mass is 9.85. The molecular formula is C12H16O3. The number of hydrogen-bond donors (Lipinski definition) is 1. The van der Waals surface area contributed by atoms with E-state index in [0.29, 0.717) is 5.75 Å². The van der Waals surface area contributed by atoms with Crippen LogP contribution in [0.2, 0.25) is 0 Å². The van der Waals surface area contributed by atoms with Gasteiger partial charge in [-0.15, -0.1) is 0 Å². The van der Waals surface area contributed by atoms with Crippen molar-refractivity contribution in [3.8, 4) is 11.5 Å².